The predicted octanol–water partition coefficient (Wildman–Crippen LogP) is 2.95. The highest BCUT2D eigenvalue weighted by molar-refractivity contribution is 5.79. The molecule has 10 heteroatoms. The Hall–Kier alpha value is -3.81. The molecule has 0 spiro atoms. The van der Waals surface area contributed by atoms with Crippen molar-refractivity contribution in [1.29, 1.82) is 5.26 Å². The summed E-state index contributed by atoms with van der Waals surface area (Å²) < 4.78 is 7.31. The normalized spacial score (nSPS) is 18.5. The Balaban J connectivity index is 1.52. The molecule has 2 atom stereocenters. The van der Waals surface area contributed by atoms with E-state index in [0.717, 1.165) is 35.3 Å². The van der Waals surface area contributed by atoms with E-state index in [2.05, 4.69) is 50.8 Å². The summed E-state index contributed by atoms with van der Waals surface area (Å²) in [7, 11) is 0. The zero-order valence-electron chi connectivity index (χ0n) is 18.4. The van der Waals surface area contributed by atoms with Crippen molar-refractivity contribution in [3.63, 3.8) is 0 Å². The molecule has 33 heavy (non-hydrogen) atoms. The van der Waals surface area contributed by atoms with Crippen LogP contribution in [0.1, 0.15) is 44.0 Å². The molecule has 0 aromatic carbocycles. The number of hydrogen-bond donors (Lipinski definition) is 3. The van der Waals surface area contributed by atoms with E-state index in [1.165, 1.54) is 6.20 Å². The summed E-state index contributed by atoms with van der Waals surface area (Å²) in [6.07, 6.45) is 5.93. The van der Waals surface area contributed by atoms with Crippen molar-refractivity contribution < 1.29 is 9.63 Å². The molecule has 5 rings (SSSR count). The van der Waals surface area contributed by atoms with Crippen LogP contribution in [0.25, 0.3) is 28.2 Å². The Morgan fingerprint density at radius 1 is 1.24 bits per heavy atom. The maximum absolute atomic E-state index is 9.99. The monoisotopic (exact) mass is 444 g/mol. The lowest BCUT2D eigenvalue weighted by Crippen LogP contribution is -2.34. The molecule has 168 valence electrons. The second-order valence-corrected chi connectivity index (χ2v) is 8.49. The minimum atomic E-state index is -0.336. The fraction of sp³-hybridized carbons (Fsp3) is 0.348. The molecule has 0 saturated carbocycles. The van der Waals surface area contributed by atoms with Gasteiger partial charge in [0.05, 0.1) is 35.2 Å². The van der Waals surface area contributed by atoms with Crippen molar-refractivity contribution in [2.75, 3.05) is 11.9 Å². The molecular weight excluding hydrogens is 420 g/mol. The van der Waals surface area contributed by atoms with Gasteiger partial charge in [0, 0.05) is 36.0 Å². The molecule has 0 radical (unpaired) electrons. The van der Waals surface area contributed by atoms with Gasteiger partial charge in [0.2, 0.25) is 0 Å². The Morgan fingerprint density at radius 3 is 2.91 bits per heavy atom. The van der Waals surface area contributed by atoms with Gasteiger partial charge in [0.25, 0.3) is 0 Å². The summed E-state index contributed by atoms with van der Waals surface area (Å²) in [5, 5.41) is 35.4. The lowest BCUT2D eigenvalue weighted by molar-refractivity contribution is 0.115. The van der Waals surface area contributed by atoms with Crippen molar-refractivity contribution in [3.05, 3.63) is 48.0 Å². The number of hydrogen-bond acceptors (Lipinski definition) is 9. The van der Waals surface area contributed by atoms with Crippen LogP contribution in [-0.2, 0) is 0 Å². The van der Waals surface area contributed by atoms with Crippen LogP contribution in [0.3, 0.4) is 0 Å². The topological polar surface area (TPSA) is 138 Å². The maximum Gasteiger partial charge on any atom is 0.170 e. The Morgan fingerprint density at radius 2 is 2.12 bits per heavy atom. The van der Waals surface area contributed by atoms with Crippen molar-refractivity contribution in [1.82, 2.24) is 30.2 Å². The van der Waals surface area contributed by atoms with E-state index in [1.54, 1.807) is 23.1 Å². The Kier molecular flexibility index (Phi) is 5.50. The van der Waals surface area contributed by atoms with Crippen LogP contribution in [0.2, 0.25) is 0 Å². The minimum Gasteiger partial charge on any atom is -0.393 e. The van der Waals surface area contributed by atoms with Gasteiger partial charge in [0.15, 0.2) is 17.2 Å². The second kappa shape index (κ2) is 8.61. The SMILES string of the molecule is CC(C)Nc1cc(-n2ncc3cc(C#N)cnc32)ncc1-c1cc([C@H]2C[C@@H](O)CCN2)no1. The fourth-order valence-electron chi connectivity index (χ4n) is 4.04. The van der Waals surface area contributed by atoms with Gasteiger partial charge in [-0.2, -0.15) is 15.0 Å². The number of aromatic nitrogens is 5. The first-order valence-corrected chi connectivity index (χ1v) is 10.9. The summed E-state index contributed by atoms with van der Waals surface area (Å²) in [5.41, 5.74) is 3.46. The molecule has 10 nitrogen and oxygen atoms in total. The average Bonchev–Trinajstić information content (AvgIpc) is 3.46. The number of rotatable bonds is 5. The number of fused-ring (bicyclic) bond motifs is 1. The van der Waals surface area contributed by atoms with Gasteiger partial charge < -0.3 is 20.3 Å². The summed E-state index contributed by atoms with van der Waals surface area (Å²) in [5.74, 6) is 1.18. The molecule has 0 bridgehead atoms. The predicted molar refractivity (Wildman–Crippen MR) is 122 cm³/mol. The quantitative estimate of drug-likeness (QED) is 0.424. The lowest BCUT2D eigenvalue weighted by Gasteiger charge is -2.25. The number of nitrogens with one attached hydrogen (secondary N) is 2. The van der Waals surface area contributed by atoms with Crippen LogP contribution in [0.15, 0.2) is 41.3 Å². The number of nitrogens with zero attached hydrogens (tertiary/aromatic N) is 6. The molecule has 1 fully saturated rings. The number of anilines is 1. The van der Waals surface area contributed by atoms with Crippen LogP contribution in [0.4, 0.5) is 5.69 Å². The third-order valence-corrected chi connectivity index (χ3v) is 5.61. The molecule has 4 aromatic heterocycles. The van der Waals surface area contributed by atoms with Gasteiger partial charge in [-0.3, -0.25) is 0 Å². The van der Waals surface area contributed by atoms with Crippen LogP contribution in [-0.4, -0.2) is 48.7 Å². The number of pyridine rings is 2. The molecule has 1 aliphatic heterocycles. The van der Waals surface area contributed by atoms with Gasteiger partial charge in [-0.1, -0.05) is 5.16 Å². The fourth-order valence-corrected chi connectivity index (χ4v) is 4.04. The molecule has 0 amide bonds. The van der Waals surface area contributed by atoms with E-state index in [0.29, 0.717) is 29.2 Å². The number of aliphatic hydroxyl groups is 1. The highest BCUT2D eigenvalue weighted by Crippen LogP contribution is 2.33. The molecular formula is C23H24N8O2. The second-order valence-electron chi connectivity index (χ2n) is 8.49. The number of piperidine rings is 1. The zero-order valence-corrected chi connectivity index (χ0v) is 18.4. The third kappa shape index (κ3) is 4.16. The molecule has 0 unspecified atom stereocenters. The van der Waals surface area contributed by atoms with Gasteiger partial charge in [-0.15, -0.1) is 0 Å². The Bertz CT molecular complexity index is 1340. The first-order chi connectivity index (χ1) is 16.0. The lowest BCUT2D eigenvalue weighted by atomic mass is 9.99. The van der Waals surface area contributed by atoms with E-state index in [4.69, 9.17) is 9.78 Å². The van der Waals surface area contributed by atoms with Gasteiger partial charge in [-0.05, 0) is 39.3 Å². The summed E-state index contributed by atoms with van der Waals surface area (Å²) >= 11 is 0. The van der Waals surface area contributed by atoms with Crippen LogP contribution >= 0.6 is 0 Å². The van der Waals surface area contributed by atoms with E-state index >= 15 is 0 Å². The highest BCUT2D eigenvalue weighted by atomic mass is 16.5. The molecule has 4 aromatic rings. The van der Waals surface area contributed by atoms with E-state index in [9.17, 15) is 5.11 Å². The third-order valence-electron chi connectivity index (χ3n) is 5.61. The smallest absolute Gasteiger partial charge is 0.170 e. The van der Waals surface area contributed by atoms with Crippen molar-refractivity contribution >= 4 is 16.7 Å². The molecule has 3 N–H and O–H groups in total. The first kappa shape index (κ1) is 21.1. The molecule has 1 saturated heterocycles. The van der Waals surface area contributed by atoms with Gasteiger partial charge >= 0.3 is 0 Å². The van der Waals surface area contributed by atoms with Crippen LogP contribution in [0, 0.1) is 11.3 Å². The summed E-state index contributed by atoms with van der Waals surface area (Å²) in [6, 6.07) is 7.76. The van der Waals surface area contributed by atoms with Crippen molar-refractivity contribution in [3.8, 4) is 23.2 Å². The van der Waals surface area contributed by atoms with Crippen LogP contribution in [0.5, 0.6) is 0 Å². The largest absolute Gasteiger partial charge is 0.393 e. The number of nitriles is 1. The van der Waals surface area contributed by atoms with Gasteiger partial charge in [0.1, 0.15) is 11.8 Å². The molecule has 0 aliphatic carbocycles. The maximum atomic E-state index is 9.99. The van der Waals surface area contributed by atoms with E-state index < -0.39 is 0 Å². The van der Waals surface area contributed by atoms with Gasteiger partial charge in [-0.25, -0.2) is 9.97 Å². The minimum absolute atomic E-state index is 0.0418. The average molecular weight is 444 g/mol. The highest BCUT2D eigenvalue weighted by Gasteiger charge is 2.25. The van der Waals surface area contributed by atoms with Crippen LogP contribution < -0.4 is 10.6 Å². The zero-order chi connectivity index (χ0) is 22.9. The molecule has 1 aliphatic rings. The standard InChI is InChI=1S/C23H24N8O2/c1-13(2)29-18-8-22(31-23-15(11-28-31)5-14(9-24)10-27-23)26-12-17(18)21-7-20(30-33-21)19-6-16(32)3-4-25-19/h5,7-8,10-13,16,19,25,32H,3-4,6H2,1-2H3,(H,26,29)/t16-,19+/m0/s1. The number of aliphatic hydroxyl groups excluding tert-OH is 1. The van der Waals surface area contributed by atoms with E-state index in [1.807, 2.05) is 12.1 Å². The summed E-state index contributed by atoms with van der Waals surface area (Å²) in [4.78, 5) is 8.99. The van der Waals surface area contributed by atoms with Crippen molar-refractivity contribution in [2.45, 2.75) is 44.9 Å². The first-order valence-electron chi connectivity index (χ1n) is 10.9. The van der Waals surface area contributed by atoms with E-state index in [-0.39, 0.29) is 18.2 Å². The Labute approximate surface area is 190 Å². The molecule has 5 heterocycles. The van der Waals surface area contributed by atoms with Crippen molar-refractivity contribution in [2.24, 2.45) is 0 Å². The summed E-state index contributed by atoms with van der Waals surface area (Å²) in [6.45, 7) is 4.85.